The maximum atomic E-state index is 13.1. The van der Waals surface area contributed by atoms with Crippen LogP contribution < -0.4 is 4.90 Å². The number of nitrogens with zero attached hydrogens (tertiary/aromatic N) is 2. The van der Waals surface area contributed by atoms with E-state index in [1.807, 2.05) is 0 Å². The zero-order valence-electron chi connectivity index (χ0n) is 14.2. The van der Waals surface area contributed by atoms with Crippen LogP contribution in [0, 0.1) is 0 Å². The van der Waals surface area contributed by atoms with Crippen LogP contribution in [0.5, 0.6) is 0 Å². The highest BCUT2D eigenvalue weighted by Crippen LogP contribution is 2.32. The van der Waals surface area contributed by atoms with Gasteiger partial charge in [0.15, 0.2) is 0 Å². The van der Waals surface area contributed by atoms with Gasteiger partial charge in [0.1, 0.15) is 6.67 Å². The fourth-order valence-electron chi connectivity index (χ4n) is 2.89. The summed E-state index contributed by atoms with van der Waals surface area (Å²) in [5, 5.41) is 0. The van der Waals surface area contributed by atoms with E-state index in [2.05, 4.69) is 15.9 Å². The minimum atomic E-state index is -4.52. The van der Waals surface area contributed by atoms with E-state index in [0.717, 1.165) is 16.6 Å². The van der Waals surface area contributed by atoms with Crippen LogP contribution in [0.15, 0.2) is 53.0 Å². The Hall–Kier alpha value is -2.35. The van der Waals surface area contributed by atoms with Gasteiger partial charge in [-0.15, -0.1) is 0 Å². The van der Waals surface area contributed by atoms with Gasteiger partial charge in [0, 0.05) is 28.7 Å². The van der Waals surface area contributed by atoms with Crippen molar-refractivity contribution in [1.29, 1.82) is 0 Å². The number of amides is 2. The number of anilines is 1. The maximum absolute atomic E-state index is 13.1. The molecule has 2 aromatic carbocycles. The summed E-state index contributed by atoms with van der Waals surface area (Å²) in [6, 6.07) is 11.1. The Morgan fingerprint density at radius 3 is 2.44 bits per heavy atom. The van der Waals surface area contributed by atoms with Crippen molar-refractivity contribution in [2.24, 2.45) is 0 Å². The topological polar surface area (TPSA) is 40.6 Å². The Morgan fingerprint density at radius 1 is 1.15 bits per heavy atom. The molecule has 1 saturated heterocycles. The molecule has 8 heteroatoms. The molecule has 0 aromatic heterocycles. The first-order chi connectivity index (χ1) is 12.8. The van der Waals surface area contributed by atoms with Gasteiger partial charge < -0.3 is 4.90 Å². The summed E-state index contributed by atoms with van der Waals surface area (Å²) in [6.07, 6.45) is -3.48. The Bertz CT molecular complexity index is 853. The number of halogens is 4. The Balaban J connectivity index is 1.98. The first-order valence-corrected chi connectivity index (χ1v) is 9.07. The smallest absolute Gasteiger partial charge is 0.324 e. The van der Waals surface area contributed by atoms with Crippen molar-refractivity contribution in [3.05, 3.63) is 64.1 Å². The lowest BCUT2D eigenvalue weighted by Crippen LogP contribution is -2.42. The van der Waals surface area contributed by atoms with Crippen molar-refractivity contribution in [2.75, 3.05) is 18.1 Å². The average molecular weight is 441 g/mol. The van der Waals surface area contributed by atoms with Crippen LogP contribution in [0.3, 0.4) is 0 Å². The Morgan fingerprint density at radius 2 is 1.85 bits per heavy atom. The first kappa shape index (κ1) is 19.4. The van der Waals surface area contributed by atoms with Gasteiger partial charge in [0.25, 0.3) is 5.91 Å². The van der Waals surface area contributed by atoms with Crippen molar-refractivity contribution in [2.45, 2.75) is 19.0 Å². The molecule has 0 aliphatic carbocycles. The lowest BCUT2D eigenvalue weighted by molar-refractivity contribution is -0.137. The molecule has 0 atom stereocenters. The maximum Gasteiger partial charge on any atom is 0.416 e. The Labute approximate surface area is 162 Å². The molecule has 0 N–H and O–H groups in total. The Kier molecular flexibility index (Phi) is 5.55. The summed E-state index contributed by atoms with van der Waals surface area (Å²) in [5.74, 6) is -0.586. The van der Waals surface area contributed by atoms with Crippen molar-refractivity contribution >= 4 is 33.4 Å². The predicted molar refractivity (Wildman–Crippen MR) is 98.2 cm³/mol. The molecular formula is C19H16BrF3N2O2. The van der Waals surface area contributed by atoms with E-state index < -0.39 is 17.6 Å². The van der Waals surface area contributed by atoms with Crippen LogP contribution in [0.1, 0.15) is 28.8 Å². The normalized spacial score (nSPS) is 14.5. The van der Waals surface area contributed by atoms with Crippen LogP contribution in [0.25, 0.3) is 0 Å². The molecule has 27 heavy (non-hydrogen) atoms. The number of benzene rings is 2. The van der Waals surface area contributed by atoms with Crippen molar-refractivity contribution in [1.82, 2.24) is 4.90 Å². The molecule has 1 aliphatic rings. The highest BCUT2D eigenvalue weighted by atomic mass is 79.9. The number of likely N-dealkylation sites (tertiary alicyclic amines) is 1. The predicted octanol–water partition coefficient (Wildman–Crippen LogP) is 4.69. The van der Waals surface area contributed by atoms with E-state index in [4.69, 9.17) is 0 Å². The van der Waals surface area contributed by atoms with Gasteiger partial charge in [-0.1, -0.05) is 22.0 Å². The van der Waals surface area contributed by atoms with Gasteiger partial charge in [0.2, 0.25) is 5.91 Å². The first-order valence-electron chi connectivity index (χ1n) is 8.28. The van der Waals surface area contributed by atoms with E-state index in [1.165, 1.54) is 21.9 Å². The molecule has 1 aliphatic heterocycles. The second kappa shape index (κ2) is 7.72. The quantitative estimate of drug-likeness (QED) is 0.691. The monoisotopic (exact) mass is 440 g/mol. The molecule has 3 rings (SSSR count). The second-order valence-electron chi connectivity index (χ2n) is 6.19. The molecule has 0 radical (unpaired) electrons. The fraction of sp³-hybridized carbons (Fsp3) is 0.263. The molecule has 1 heterocycles. The van der Waals surface area contributed by atoms with Crippen molar-refractivity contribution in [3.8, 4) is 0 Å². The summed E-state index contributed by atoms with van der Waals surface area (Å²) in [4.78, 5) is 27.7. The van der Waals surface area contributed by atoms with Crippen molar-refractivity contribution in [3.63, 3.8) is 0 Å². The van der Waals surface area contributed by atoms with Crippen LogP contribution in [-0.2, 0) is 11.0 Å². The van der Waals surface area contributed by atoms with Crippen LogP contribution >= 0.6 is 15.9 Å². The standard InChI is InChI=1S/C19H16BrF3N2O2/c20-15-8-6-13(7-9-15)18(27)25(12-24-10-2-5-17(24)26)16-4-1-3-14(11-16)19(21,22)23/h1,3-4,6-9,11H,2,5,10,12H2. The van der Waals surface area contributed by atoms with E-state index in [9.17, 15) is 22.8 Å². The molecule has 2 amide bonds. The molecule has 0 bridgehead atoms. The third kappa shape index (κ3) is 4.50. The lowest BCUT2D eigenvalue weighted by Gasteiger charge is -2.28. The number of alkyl halides is 3. The summed E-state index contributed by atoms with van der Waals surface area (Å²) in [6.45, 7) is 0.386. The number of hydrogen-bond acceptors (Lipinski definition) is 2. The minimum absolute atomic E-state index is 0.0883. The van der Waals surface area contributed by atoms with Gasteiger partial charge >= 0.3 is 6.18 Å². The third-order valence-corrected chi connectivity index (χ3v) is 4.83. The van der Waals surface area contributed by atoms with E-state index in [0.29, 0.717) is 24.9 Å². The molecule has 0 unspecified atom stereocenters. The van der Waals surface area contributed by atoms with Crippen LogP contribution in [0.2, 0.25) is 0 Å². The number of hydrogen-bond donors (Lipinski definition) is 0. The summed E-state index contributed by atoms with van der Waals surface area (Å²) < 4.78 is 40.1. The molecule has 1 fully saturated rings. The van der Waals surface area contributed by atoms with Gasteiger partial charge in [-0.2, -0.15) is 13.2 Å². The van der Waals surface area contributed by atoms with E-state index >= 15 is 0 Å². The van der Waals surface area contributed by atoms with Gasteiger partial charge in [-0.05, 0) is 48.9 Å². The van der Waals surface area contributed by atoms with Gasteiger partial charge in [-0.3, -0.25) is 14.5 Å². The zero-order chi connectivity index (χ0) is 19.6. The highest BCUT2D eigenvalue weighted by molar-refractivity contribution is 9.10. The lowest BCUT2D eigenvalue weighted by atomic mass is 10.1. The molecule has 4 nitrogen and oxygen atoms in total. The molecule has 2 aromatic rings. The SMILES string of the molecule is O=C1CCCN1CN(C(=O)c1ccc(Br)cc1)c1cccc(C(F)(F)F)c1. The van der Waals surface area contributed by atoms with Crippen LogP contribution in [-0.4, -0.2) is 29.9 Å². The summed E-state index contributed by atoms with van der Waals surface area (Å²) in [7, 11) is 0. The molecule has 142 valence electrons. The fourth-order valence-corrected chi connectivity index (χ4v) is 3.15. The molecule has 0 saturated carbocycles. The third-order valence-electron chi connectivity index (χ3n) is 4.30. The van der Waals surface area contributed by atoms with Crippen molar-refractivity contribution < 1.29 is 22.8 Å². The van der Waals surface area contributed by atoms with Gasteiger partial charge in [-0.25, -0.2) is 0 Å². The minimum Gasteiger partial charge on any atom is -0.324 e. The number of carbonyl (C=O) groups excluding carboxylic acids is 2. The van der Waals surface area contributed by atoms with E-state index in [-0.39, 0.29) is 18.3 Å². The van der Waals surface area contributed by atoms with Crippen LogP contribution in [0.4, 0.5) is 18.9 Å². The summed E-state index contributed by atoms with van der Waals surface area (Å²) >= 11 is 3.28. The van der Waals surface area contributed by atoms with E-state index in [1.54, 1.807) is 24.3 Å². The second-order valence-corrected chi connectivity index (χ2v) is 7.11. The highest BCUT2D eigenvalue weighted by Gasteiger charge is 2.32. The summed E-state index contributed by atoms with van der Waals surface area (Å²) in [5.41, 5.74) is -0.430. The molecular weight excluding hydrogens is 425 g/mol. The largest absolute Gasteiger partial charge is 0.416 e. The zero-order valence-corrected chi connectivity index (χ0v) is 15.8. The number of rotatable bonds is 4. The average Bonchev–Trinajstić information content (AvgIpc) is 3.04. The number of carbonyl (C=O) groups is 2. The van der Waals surface area contributed by atoms with Gasteiger partial charge in [0.05, 0.1) is 5.56 Å². The molecule has 0 spiro atoms.